The van der Waals surface area contributed by atoms with E-state index in [0.717, 1.165) is 6.42 Å². The third kappa shape index (κ3) is 45.3. The van der Waals surface area contributed by atoms with Crippen molar-refractivity contribution in [2.75, 3.05) is 6.61 Å². The van der Waals surface area contributed by atoms with E-state index >= 15 is 0 Å². The smallest absolute Gasteiger partial charge is 0.305 e. The first kappa shape index (κ1) is 53.0. The van der Waals surface area contributed by atoms with Gasteiger partial charge in [-0.2, -0.15) is 0 Å². The molecule has 0 spiro atoms. The summed E-state index contributed by atoms with van der Waals surface area (Å²) in [6.07, 6.45) is 65.3. The summed E-state index contributed by atoms with van der Waals surface area (Å²) < 4.78 is 5.91. The zero-order valence-electron chi connectivity index (χ0n) is 37.6. The van der Waals surface area contributed by atoms with Crippen molar-refractivity contribution < 1.29 is 9.53 Å². The molecule has 1 unspecified atom stereocenters. The third-order valence-electron chi connectivity index (χ3n) is 11.7. The molecule has 1 atom stereocenters. The van der Waals surface area contributed by atoms with E-state index in [9.17, 15) is 4.79 Å². The summed E-state index contributed by atoms with van der Waals surface area (Å²) in [5.74, 6) is 0.603. The normalized spacial score (nSPS) is 12.4. The first-order valence-corrected chi connectivity index (χ1v) is 25.2. The van der Waals surface area contributed by atoms with Gasteiger partial charge in [0.15, 0.2) is 0 Å². The summed E-state index contributed by atoms with van der Waals surface area (Å²) in [6.45, 7) is 7.54. The molecule has 0 radical (unpaired) electrons. The molecule has 0 aliphatic carbocycles. The predicted molar refractivity (Wildman–Crippen MR) is 244 cm³/mol. The highest BCUT2D eigenvalue weighted by Gasteiger charge is 2.12. The van der Waals surface area contributed by atoms with Crippen molar-refractivity contribution in [1.29, 1.82) is 0 Å². The van der Waals surface area contributed by atoms with Crippen LogP contribution in [0.4, 0.5) is 0 Å². The van der Waals surface area contributed by atoms with Crippen LogP contribution in [-0.2, 0) is 9.53 Å². The molecule has 54 heavy (non-hydrogen) atoms. The molecule has 0 aliphatic rings. The number of unbranched alkanes of at least 4 members (excludes halogenated alkanes) is 34. The van der Waals surface area contributed by atoms with Crippen LogP contribution in [0.25, 0.3) is 0 Å². The average molecular weight is 757 g/mol. The molecular weight excluding hydrogens is 657 g/mol. The predicted octanol–water partition coefficient (Wildman–Crippen LogP) is 18.7. The van der Waals surface area contributed by atoms with Crippen LogP contribution >= 0.6 is 0 Å². The van der Waals surface area contributed by atoms with Gasteiger partial charge in [0.1, 0.15) is 0 Å². The third-order valence-corrected chi connectivity index (χ3v) is 11.7. The second kappa shape index (κ2) is 48.1. The molecule has 0 aromatic rings. The van der Waals surface area contributed by atoms with Crippen LogP contribution in [0.1, 0.15) is 290 Å². The Labute approximate surface area is 341 Å². The molecule has 2 nitrogen and oxygen atoms in total. The number of rotatable bonds is 46. The van der Waals surface area contributed by atoms with E-state index in [1.54, 1.807) is 0 Å². The largest absolute Gasteiger partial charge is 0.465 e. The van der Waals surface area contributed by atoms with Crippen LogP contribution in [0.3, 0.4) is 0 Å². The van der Waals surface area contributed by atoms with Gasteiger partial charge in [-0.1, -0.05) is 238 Å². The fourth-order valence-electron chi connectivity index (χ4n) is 7.89. The zero-order chi connectivity index (χ0) is 39.1. The highest BCUT2D eigenvalue weighted by atomic mass is 16.5. The van der Waals surface area contributed by atoms with Gasteiger partial charge in [0.25, 0.3) is 0 Å². The summed E-state index contributed by atoms with van der Waals surface area (Å²) in [5.41, 5.74) is 0. The van der Waals surface area contributed by atoms with Crippen LogP contribution in [0.2, 0.25) is 0 Å². The zero-order valence-corrected chi connectivity index (χ0v) is 37.6. The number of carbonyl (C=O) groups is 1. The highest BCUT2D eigenvalue weighted by Crippen LogP contribution is 2.21. The standard InChI is InChI=1S/C52H100O2/c1-4-7-10-13-16-19-22-25-27-28-31-33-36-39-42-45-48-51(47-44-41-38-35-32-30-26-23-20-17-14-11-8-5-2)50-54-52(53)49-46-43-40-37-34-29-24-21-18-15-12-9-6-3/h25-27,30,51H,4-24,28-29,31-50H2,1-3H3. The highest BCUT2D eigenvalue weighted by molar-refractivity contribution is 5.69. The lowest BCUT2D eigenvalue weighted by Crippen LogP contribution is -2.14. The van der Waals surface area contributed by atoms with Crippen LogP contribution in [0.15, 0.2) is 24.3 Å². The van der Waals surface area contributed by atoms with Crippen molar-refractivity contribution in [3.8, 4) is 0 Å². The molecule has 0 heterocycles. The van der Waals surface area contributed by atoms with Crippen molar-refractivity contribution in [1.82, 2.24) is 0 Å². The molecule has 0 saturated heterocycles. The summed E-state index contributed by atoms with van der Waals surface area (Å²) in [5, 5.41) is 0. The molecule has 0 aliphatic heterocycles. The van der Waals surface area contributed by atoms with E-state index in [1.165, 1.54) is 257 Å². The topological polar surface area (TPSA) is 26.3 Å². The van der Waals surface area contributed by atoms with Crippen molar-refractivity contribution in [2.45, 2.75) is 290 Å². The SMILES string of the molecule is CCCCCCCCC=CCCCCCCCCC(CCCCCCC=CCCCCCCCC)COC(=O)CCCCCCCCCCCCCCC. The van der Waals surface area contributed by atoms with Crippen LogP contribution in [0, 0.1) is 5.92 Å². The number of ether oxygens (including phenoxy) is 1. The van der Waals surface area contributed by atoms with Gasteiger partial charge in [-0.15, -0.1) is 0 Å². The van der Waals surface area contributed by atoms with Gasteiger partial charge < -0.3 is 4.74 Å². The van der Waals surface area contributed by atoms with E-state index < -0.39 is 0 Å². The van der Waals surface area contributed by atoms with Gasteiger partial charge in [0, 0.05) is 6.42 Å². The van der Waals surface area contributed by atoms with Crippen LogP contribution < -0.4 is 0 Å². The fraction of sp³-hybridized carbons (Fsp3) is 0.904. The minimum absolute atomic E-state index is 0.0526. The summed E-state index contributed by atoms with van der Waals surface area (Å²) in [4.78, 5) is 12.6. The molecule has 2 heteroatoms. The molecule has 0 bridgehead atoms. The average Bonchev–Trinajstić information content (AvgIpc) is 3.18. The molecule has 0 amide bonds. The monoisotopic (exact) mass is 757 g/mol. The Kier molecular flexibility index (Phi) is 47.2. The molecule has 0 aromatic heterocycles. The van der Waals surface area contributed by atoms with Gasteiger partial charge in [-0.3, -0.25) is 4.79 Å². The van der Waals surface area contributed by atoms with Gasteiger partial charge in [-0.05, 0) is 76.5 Å². The number of carbonyl (C=O) groups excluding carboxylic acids is 1. The Morgan fingerprint density at radius 2 is 0.611 bits per heavy atom. The molecular formula is C52H100O2. The van der Waals surface area contributed by atoms with Gasteiger partial charge >= 0.3 is 5.97 Å². The van der Waals surface area contributed by atoms with E-state index in [0.29, 0.717) is 18.9 Å². The van der Waals surface area contributed by atoms with E-state index in [4.69, 9.17) is 4.74 Å². The molecule has 0 rings (SSSR count). The van der Waals surface area contributed by atoms with E-state index in [2.05, 4.69) is 45.1 Å². The molecule has 320 valence electrons. The second-order valence-corrected chi connectivity index (χ2v) is 17.3. The maximum Gasteiger partial charge on any atom is 0.305 e. The van der Waals surface area contributed by atoms with Gasteiger partial charge in [0.05, 0.1) is 6.61 Å². The maximum atomic E-state index is 12.6. The summed E-state index contributed by atoms with van der Waals surface area (Å²) >= 11 is 0. The Hall–Kier alpha value is -1.05. The molecule has 0 fully saturated rings. The molecule has 0 N–H and O–H groups in total. The molecule has 0 aromatic carbocycles. The fourth-order valence-corrected chi connectivity index (χ4v) is 7.89. The van der Waals surface area contributed by atoms with Crippen molar-refractivity contribution >= 4 is 5.97 Å². The van der Waals surface area contributed by atoms with E-state index in [1.807, 2.05) is 0 Å². The first-order valence-electron chi connectivity index (χ1n) is 25.2. The minimum atomic E-state index is 0.0526. The van der Waals surface area contributed by atoms with Crippen molar-refractivity contribution in [3.63, 3.8) is 0 Å². The lowest BCUT2D eigenvalue weighted by molar-refractivity contribution is -0.145. The first-order chi connectivity index (χ1) is 26.7. The van der Waals surface area contributed by atoms with Crippen molar-refractivity contribution in [2.24, 2.45) is 5.92 Å². The Bertz CT molecular complexity index is 753. The number of allylic oxidation sites excluding steroid dienone is 4. The van der Waals surface area contributed by atoms with Gasteiger partial charge in [0.2, 0.25) is 0 Å². The lowest BCUT2D eigenvalue weighted by atomic mass is 9.94. The van der Waals surface area contributed by atoms with Crippen LogP contribution in [-0.4, -0.2) is 12.6 Å². The second-order valence-electron chi connectivity index (χ2n) is 17.3. The molecule has 0 saturated carbocycles. The van der Waals surface area contributed by atoms with Gasteiger partial charge in [-0.25, -0.2) is 0 Å². The maximum absolute atomic E-state index is 12.6. The quantitative estimate of drug-likeness (QED) is 0.0351. The van der Waals surface area contributed by atoms with Crippen molar-refractivity contribution in [3.05, 3.63) is 24.3 Å². The lowest BCUT2D eigenvalue weighted by Gasteiger charge is -2.17. The number of esters is 1. The minimum Gasteiger partial charge on any atom is -0.465 e. The number of hydrogen-bond acceptors (Lipinski definition) is 2. The van der Waals surface area contributed by atoms with E-state index in [-0.39, 0.29) is 5.97 Å². The summed E-state index contributed by atoms with van der Waals surface area (Å²) in [6, 6.07) is 0. The van der Waals surface area contributed by atoms with Crippen LogP contribution in [0.5, 0.6) is 0 Å². The number of hydrogen-bond donors (Lipinski definition) is 0. The Morgan fingerprint density at radius 3 is 0.926 bits per heavy atom. The summed E-state index contributed by atoms with van der Waals surface area (Å²) in [7, 11) is 0. The Morgan fingerprint density at radius 1 is 0.352 bits per heavy atom. The Balaban J connectivity index is 4.13.